The van der Waals surface area contributed by atoms with Crippen LogP contribution in [0, 0.1) is 0 Å². The highest BCUT2D eigenvalue weighted by molar-refractivity contribution is 5.93. The second-order valence-electron chi connectivity index (χ2n) is 9.54. The van der Waals surface area contributed by atoms with Gasteiger partial charge in [0, 0.05) is 29.1 Å². The number of esters is 1. The quantitative estimate of drug-likeness (QED) is 0.0435. The van der Waals surface area contributed by atoms with Gasteiger partial charge in [-0.3, -0.25) is 5.32 Å². The standard InChI is InChI=1S/C30H28F5N3O6/c31-29(32,30(33,34)35)14-1-15-43-28(42)38-23-10-7-20(8-11-23)27(41)44-24-12-2-18(3-13-24)16-21(26(39)40)5-4-19-6-9-22(36)17-25(19)37/h2-3,6-13,16-17H,1,4-5,14-15,36-37H2,(H,38,42)(H,39,40)/b21-16+. The minimum absolute atomic E-state index is 0.109. The Morgan fingerprint density at radius 1 is 0.909 bits per heavy atom. The Labute approximate surface area is 248 Å². The van der Waals surface area contributed by atoms with Gasteiger partial charge in [0.1, 0.15) is 5.75 Å². The van der Waals surface area contributed by atoms with Crippen LogP contribution in [0.25, 0.3) is 6.08 Å². The maximum atomic E-state index is 12.9. The topological polar surface area (TPSA) is 154 Å². The van der Waals surface area contributed by atoms with E-state index in [2.05, 4.69) is 10.1 Å². The van der Waals surface area contributed by atoms with Gasteiger partial charge in [0.05, 0.1) is 12.2 Å². The van der Waals surface area contributed by atoms with Gasteiger partial charge in [-0.1, -0.05) is 18.2 Å². The average molecular weight is 622 g/mol. The number of nitrogens with one attached hydrogen (secondary N) is 1. The molecule has 1 amide bonds. The lowest BCUT2D eigenvalue weighted by Crippen LogP contribution is -2.36. The van der Waals surface area contributed by atoms with E-state index < -0.39 is 49.6 Å². The number of alkyl halides is 5. The van der Waals surface area contributed by atoms with Crippen LogP contribution in [-0.2, 0) is 16.0 Å². The van der Waals surface area contributed by atoms with Crippen molar-refractivity contribution in [2.24, 2.45) is 0 Å². The van der Waals surface area contributed by atoms with Gasteiger partial charge in [-0.2, -0.15) is 22.0 Å². The first-order valence-electron chi connectivity index (χ1n) is 13.0. The van der Waals surface area contributed by atoms with E-state index in [-0.39, 0.29) is 29.0 Å². The first kappa shape index (κ1) is 33.4. The number of halogens is 5. The van der Waals surface area contributed by atoms with Crippen LogP contribution in [-0.4, -0.2) is 41.8 Å². The van der Waals surface area contributed by atoms with Gasteiger partial charge < -0.3 is 26.0 Å². The van der Waals surface area contributed by atoms with E-state index >= 15 is 0 Å². The van der Waals surface area contributed by atoms with Crippen molar-refractivity contribution in [3.8, 4) is 5.75 Å². The Hall–Kier alpha value is -5.14. The molecule has 0 heterocycles. The second-order valence-corrected chi connectivity index (χ2v) is 9.54. The third-order valence-corrected chi connectivity index (χ3v) is 6.19. The molecule has 0 saturated carbocycles. The van der Waals surface area contributed by atoms with Crippen LogP contribution in [0.1, 0.15) is 40.7 Å². The van der Waals surface area contributed by atoms with Crippen molar-refractivity contribution >= 4 is 41.2 Å². The van der Waals surface area contributed by atoms with Crippen molar-refractivity contribution in [2.45, 2.75) is 37.8 Å². The predicted molar refractivity (Wildman–Crippen MR) is 152 cm³/mol. The highest BCUT2D eigenvalue weighted by Gasteiger charge is 2.56. The van der Waals surface area contributed by atoms with E-state index in [1.165, 1.54) is 42.5 Å². The van der Waals surface area contributed by atoms with Gasteiger partial charge in [-0.05, 0) is 85.0 Å². The summed E-state index contributed by atoms with van der Waals surface area (Å²) >= 11 is 0. The number of ether oxygens (including phenoxy) is 2. The number of hydrogen-bond acceptors (Lipinski definition) is 7. The van der Waals surface area contributed by atoms with Crippen LogP contribution in [0.2, 0.25) is 0 Å². The van der Waals surface area contributed by atoms with E-state index in [9.17, 15) is 41.4 Å². The number of carboxylic acids is 1. The number of amides is 1. The number of rotatable bonds is 12. The van der Waals surface area contributed by atoms with Crippen molar-refractivity contribution in [2.75, 3.05) is 23.4 Å². The van der Waals surface area contributed by atoms with E-state index in [4.69, 9.17) is 16.2 Å². The number of nitrogen functional groups attached to an aromatic ring is 2. The summed E-state index contributed by atoms with van der Waals surface area (Å²) in [4.78, 5) is 36.0. The number of benzene rings is 3. The molecular formula is C30H28F5N3O6. The summed E-state index contributed by atoms with van der Waals surface area (Å²) in [6.07, 6.45) is -6.89. The van der Waals surface area contributed by atoms with Gasteiger partial charge in [-0.25, -0.2) is 14.4 Å². The molecule has 9 nitrogen and oxygen atoms in total. The fourth-order valence-corrected chi connectivity index (χ4v) is 3.79. The lowest BCUT2D eigenvalue weighted by atomic mass is 10.0. The van der Waals surface area contributed by atoms with E-state index in [1.54, 1.807) is 30.3 Å². The number of aliphatic carboxylic acids is 1. The maximum Gasteiger partial charge on any atom is 0.453 e. The SMILES string of the molecule is Nc1ccc(CC/C(=C\c2ccc(OC(=O)c3ccc(NC(=O)OCCCC(F)(F)C(F)(F)F)cc3)cc2)C(=O)O)c(N)c1. The second kappa shape index (κ2) is 14.4. The zero-order valence-electron chi connectivity index (χ0n) is 23.0. The van der Waals surface area contributed by atoms with Gasteiger partial charge in [0.2, 0.25) is 0 Å². The number of carboxylic acid groups (broad SMARTS) is 1. The zero-order chi connectivity index (χ0) is 32.5. The molecule has 44 heavy (non-hydrogen) atoms. The summed E-state index contributed by atoms with van der Waals surface area (Å²) in [7, 11) is 0. The van der Waals surface area contributed by atoms with Crippen LogP contribution in [0.3, 0.4) is 0 Å². The highest BCUT2D eigenvalue weighted by Crippen LogP contribution is 2.38. The first-order valence-corrected chi connectivity index (χ1v) is 13.0. The summed E-state index contributed by atoms with van der Waals surface area (Å²) in [6, 6.07) is 16.5. The van der Waals surface area contributed by atoms with E-state index in [0.717, 1.165) is 5.56 Å². The molecule has 0 spiro atoms. The molecule has 3 aromatic rings. The minimum atomic E-state index is -5.68. The average Bonchev–Trinajstić information content (AvgIpc) is 2.94. The van der Waals surface area contributed by atoms with Crippen LogP contribution in [0.5, 0.6) is 5.75 Å². The van der Waals surface area contributed by atoms with Crippen molar-refractivity contribution < 1.29 is 50.9 Å². The van der Waals surface area contributed by atoms with E-state index in [0.29, 0.717) is 23.4 Å². The lowest BCUT2D eigenvalue weighted by Gasteiger charge is -2.19. The molecule has 0 aliphatic rings. The molecule has 0 saturated heterocycles. The van der Waals surface area contributed by atoms with Crippen LogP contribution in [0.15, 0.2) is 72.3 Å². The van der Waals surface area contributed by atoms with Crippen LogP contribution in [0.4, 0.5) is 43.8 Å². The summed E-state index contributed by atoms with van der Waals surface area (Å²) < 4.78 is 72.2. The Bertz CT molecular complexity index is 1510. The molecule has 0 radical (unpaired) electrons. The van der Waals surface area contributed by atoms with Gasteiger partial charge >= 0.3 is 30.1 Å². The van der Waals surface area contributed by atoms with Crippen LogP contribution < -0.4 is 21.5 Å². The Morgan fingerprint density at radius 2 is 1.57 bits per heavy atom. The normalized spacial score (nSPS) is 12.0. The summed E-state index contributed by atoms with van der Waals surface area (Å²) in [5.74, 6) is -6.53. The molecule has 0 atom stereocenters. The summed E-state index contributed by atoms with van der Waals surface area (Å²) in [5, 5.41) is 11.9. The van der Waals surface area contributed by atoms with Crippen molar-refractivity contribution in [1.82, 2.24) is 0 Å². The van der Waals surface area contributed by atoms with Gasteiger partial charge in [0.15, 0.2) is 0 Å². The molecule has 0 aliphatic carbocycles. The molecule has 6 N–H and O–H groups in total. The molecule has 14 heteroatoms. The maximum absolute atomic E-state index is 12.9. The molecule has 3 rings (SSSR count). The lowest BCUT2D eigenvalue weighted by molar-refractivity contribution is -0.284. The molecule has 0 fully saturated rings. The smallest absolute Gasteiger partial charge is 0.453 e. The first-order chi connectivity index (χ1) is 20.6. The molecule has 0 unspecified atom stereocenters. The predicted octanol–water partition coefficient (Wildman–Crippen LogP) is 6.70. The minimum Gasteiger partial charge on any atom is -0.478 e. The Balaban J connectivity index is 1.50. The third kappa shape index (κ3) is 9.71. The molecule has 0 bridgehead atoms. The Morgan fingerprint density at radius 3 is 2.16 bits per heavy atom. The number of aryl methyl sites for hydroxylation is 1. The van der Waals surface area contributed by atoms with Crippen LogP contribution >= 0.6 is 0 Å². The summed E-state index contributed by atoms with van der Waals surface area (Å²) in [6.45, 7) is -0.660. The monoisotopic (exact) mass is 621 g/mol. The molecule has 0 aliphatic heterocycles. The number of nitrogens with two attached hydrogens (primary N) is 2. The fourth-order valence-electron chi connectivity index (χ4n) is 3.79. The van der Waals surface area contributed by atoms with Gasteiger partial charge in [0.25, 0.3) is 0 Å². The van der Waals surface area contributed by atoms with Gasteiger partial charge in [-0.15, -0.1) is 0 Å². The largest absolute Gasteiger partial charge is 0.478 e. The van der Waals surface area contributed by atoms with Crippen molar-refractivity contribution in [3.63, 3.8) is 0 Å². The number of anilines is 3. The summed E-state index contributed by atoms with van der Waals surface area (Å²) in [5.41, 5.74) is 14.4. The van der Waals surface area contributed by atoms with Crippen molar-refractivity contribution in [1.29, 1.82) is 0 Å². The van der Waals surface area contributed by atoms with E-state index in [1.807, 2.05) is 0 Å². The number of carbonyl (C=O) groups is 3. The molecule has 0 aromatic heterocycles. The molecule has 3 aromatic carbocycles. The number of hydrogen-bond donors (Lipinski definition) is 4. The van der Waals surface area contributed by atoms with Crippen molar-refractivity contribution in [3.05, 3.63) is 89.0 Å². The fraction of sp³-hybridized carbons (Fsp3) is 0.233. The molecular weight excluding hydrogens is 593 g/mol. The molecule has 234 valence electrons. The highest BCUT2D eigenvalue weighted by atomic mass is 19.4. The third-order valence-electron chi connectivity index (χ3n) is 6.19. The Kier molecular flexibility index (Phi) is 10.9. The zero-order valence-corrected chi connectivity index (χ0v) is 23.0. The number of carbonyl (C=O) groups excluding carboxylic acids is 2.